The zero-order valence-electron chi connectivity index (χ0n) is 12.3. The normalized spacial score (nSPS) is 11.0. The predicted molar refractivity (Wildman–Crippen MR) is 90.5 cm³/mol. The molecule has 7 heteroatoms. The van der Waals surface area contributed by atoms with Crippen LogP contribution in [-0.2, 0) is 0 Å². The molecule has 0 unspecified atom stereocenters. The number of rotatable bonds is 4. The molecule has 2 N–H and O–H groups in total. The molecule has 0 amide bonds. The Morgan fingerprint density at radius 3 is 2.52 bits per heavy atom. The van der Waals surface area contributed by atoms with Gasteiger partial charge in [0.2, 0.25) is 4.77 Å². The summed E-state index contributed by atoms with van der Waals surface area (Å²) < 4.78 is 7.09. The quantitative estimate of drug-likeness (QED) is 0.570. The Balaban J connectivity index is 1.95. The fourth-order valence-corrected chi connectivity index (χ4v) is 2.19. The van der Waals surface area contributed by atoms with E-state index in [0.29, 0.717) is 10.6 Å². The summed E-state index contributed by atoms with van der Waals surface area (Å²) in [4.78, 5) is 0. The van der Waals surface area contributed by atoms with Crippen LogP contribution >= 0.6 is 12.2 Å². The number of H-pyrrole nitrogens is 1. The van der Waals surface area contributed by atoms with Crippen LogP contribution in [0.2, 0.25) is 0 Å². The van der Waals surface area contributed by atoms with Gasteiger partial charge in [-0.2, -0.15) is 14.9 Å². The van der Waals surface area contributed by atoms with Gasteiger partial charge >= 0.3 is 0 Å². The second-order valence-corrected chi connectivity index (χ2v) is 5.12. The van der Waals surface area contributed by atoms with Gasteiger partial charge in [-0.05, 0) is 66.3 Å². The van der Waals surface area contributed by atoms with Crippen molar-refractivity contribution in [1.82, 2.24) is 14.9 Å². The maximum atomic E-state index is 9.30. The molecule has 3 rings (SSSR count). The molecule has 0 spiro atoms. The first kappa shape index (κ1) is 15.0. The Morgan fingerprint density at radius 1 is 1.17 bits per heavy atom. The topological polar surface area (TPSA) is 75.4 Å². The number of hydrogen-bond donors (Lipinski definition) is 2. The molecule has 1 heterocycles. The fourth-order valence-electron chi connectivity index (χ4n) is 2.01. The monoisotopic (exact) mass is 326 g/mol. The standard InChI is InChI=1S/C16H14N4O2S/c1-22-14-8-4-12(5-9-14)15-18-19-16(23)20(15)17-10-11-2-6-13(21)7-3-11/h2-10,21H,1H3,(H,19,23). The minimum Gasteiger partial charge on any atom is -0.508 e. The Labute approximate surface area is 137 Å². The molecule has 1 aromatic heterocycles. The third-order valence-corrected chi connectivity index (χ3v) is 3.48. The average Bonchev–Trinajstić information content (AvgIpc) is 2.95. The van der Waals surface area contributed by atoms with Crippen LogP contribution in [-0.4, -0.2) is 33.3 Å². The molecule has 2 aromatic carbocycles. The van der Waals surface area contributed by atoms with E-state index in [1.165, 1.54) is 0 Å². The van der Waals surface area contributed by atoms with Gasteiger partial charge in [0.15, 0.2) is 5.82 Å². The van der Waals surface area contributed by atoms with E-state index < -0.39 is 0 Å². The number of nitrogens with one attached hydrogen (secondary N) is 1. The Kier molecular flexibility index (Phi) is 4.20. The molecule has 23 heavy (non-hydrogen) atoms. The van der Waals surface area contributed by atoms with Gasteiger partial charge in [0.05, 0.1) is 13.3 Å². The van der Waals surface area contributed by atoms with Gasteiger partial charge in [0.25, 0.3) is 0 Å². The number of benzene rings is 2. The average molecular weight is 326 g/mol. The van der Waals surface area contributed by atoms with Crippen LogP contribution in [0.1, 0.15) is 5.56 Å². The predicted octanol–water partition coefficient (Wildman–Crippen LogP) is 3.20. The second kappa shape index (κ2) is 6.45. The second-order valence-electron chi connectivity index (χ2n) is 4.73. The SMILES string of the molecule is COc1ccc(-c2n[nH]c(=S)n2N=Cc2ccc(O)cc2)cc1. The highest BCUT2D eigenvalue weighted by Gasteiger charge is 2.08. The zero-order valence-corrected chi connectivity index (χ0v) is 13.1. The minimum atomic E-state index is 0.209. The first-order valence-corrected chi connectivity index (χ1v) is 7.23. The molecule has 0 bridgehead atoms. The van der Waals surface area contributed by atoms with Crippen molar-refractivity contribution in [2.75, 3.05) is 7.11 Å². The molecular formula is C16H14N4O2S. The van der Waals surface area contributed by atoms with Crippen LogP contribution in [0, 0.1) is 4.77 Å². The fraction of sp³-hybridized carbons (Fsp3) is 0.0625. The third kappa shape index (κ3) is 3.29. The van der Waals surface area contributed by atoms with Crippen LogP contribution in [0.15, 0.2) is 53.6 Å². The van der Waals surface area contributed by atoms with Gasteiger partial charge in [0, 0.05) is 5.56 Å². The van der Waals surface area contributed by atoms with Gasteiger partial charge in [-0.25, -0.2) is 5.10 Å². The summed E-state index contributed by atoms with van der Waals surface area (Å²) >= 11 is 5.22. The van der Waals surface area contributed by atoms with Crippen molar-refractivity contribution >= 4 is 18.4 Å². The lowest BCUT2D eigenvalue weighted by molar-refractivity contribution is 0.415. The molecule has 6 nitrogen and oxygen atoms in total. The number of nitrogens with zero attached hydrogens (tertiary/aromatic N) is 3. The minimum absolute atomic E-state index is 0.209. The lowest BCUT2D eigenvalue weighted by Crippen LogP contribution is -1.95. The summed E-state index contributed by atoms with van der Waals surface area (Å²) in [5.74, 6) is 1.58. The maximum absolute atomic E-state index is 9.30. The molecule has 3 aromatic rings. The Bertz CT molecular complexity index is 880. The summed E-state index contributed by atoms with van der Waals surface area (Å²) in [6.07, 6.45) is 1.65. The first-order chi connectivity index (χ1) is 11.2. The molecule has 0 saturated carbocycles. The molecule has 0 atom stereocenters. The van der Waals surface area contributed by atoms with E-state index in [-0.39, 0.29) is 5.75 Å². The van der Waals surface area contributed by atoms with Crippen LogP contribution in [0.3, 0.4) is 0 Å². The van der Waals surface area contributed by atoms with E-state index in [9.17, 15) is 5.11 Å². The lowest BCUT2D eigenvalue weighted by atomic mass is 10.2. The first-order valence-electron chi connectivity index (χ1n) is 6.82. The van der Waals surface area contributed by atoms with Crippen LogP contribution in [0.25, 0.3) is 11.4 Å². The van der Waals surface area contributed by atoms with Crippen molar-refractivity contribution in [1.29, 1.82) is 0 Å². The molecule has 0 aliphatic rings. The summed E-state index contributed by atoms with van der Waals surface area (Å²) in [6, 6.07) is 14.2. The Hall–Kier alpha value is -2.93. The van der Waals surface area contributed by atoms with Crippen molar-refractivity contribution in [2.24, 2.45) is 5.10 Å². The largest absolute Gasteiger partial charge is 0.508 e. The number of methoxy groups -OCH3 is 1. The summed E-state index contributed by atoms with van der Waals surface area (Å²) in [5.41, 5.74) is 1.70. The lowest BCUT2D eigenvalue weighted by Gasteiger charge is -2.03. The number of phenolic OH excluding ortho intramolecular Hbond substituents is 1. The number of aromatic hydroxyl groups is 1. The highest BCUT2D eigenvalue weighted by Crippen LogP contribution is 2.20. The molecule has 0 saturated heterocycles. The maximum Gasteiger partial charge on any atom is 0.216 e. The highest BCUT2D eigenvalue weighted by atomic mass is 32.1. The van der Waals surface area contributed by atoms with E-state index in [1.807, 2.05) is 24.3 Å². The molecule has 0 radical (unpaired) electrons. The van der Waals surface area contributed by atoms with Crippen molar-refractivity contribution in [3.63, 3.8) is 0 Å². The molecule has 0 aliphatic carbocycles. The van der Waals surface area contributed by atoms with Gasteiger partial charge in [-0.3, -0.25) is 0 Å². The number of phenols is 1. The summed E-state index contributed by atoms with van der Waals surface area (Å²) in [7, 11) is 1.62. The highest BCUT2D eigenvalue weighted by molar-refractivity contribution is 7.71. The van der Waals surface area contributed by atoms with Crippen molar-refractivity contribution in [2.45, 2.75) is 0 Å². The van der Waals surface area contributed by atoms with Gasteiger partial charge in [-0.15, -0.1) is 0 Å². The number of ether oxygens (including phenoxy) is 1. The van der Waals surface area contributed by atoms with E-state index >= 15 is 0 Å². The smallest absolute Gasteiger partial charge is 0.216 e. The van der Waals surface area contributed by atoms with Crippen LogP contribution < -0.4 is 4.74 Å². The zero-order chi connectivity index (χ0) is 16.2. The molecule has 116 valence electrons. The van der Waals surface area contributed by atoms with Crippen LogP contribution in [0.5, 0.6) is 11.5 Å². The van der Waals surface area contributed by atoms with E-state index in [0.717, 1.165) is 16.9 Å². The summed E-state index contributed by atoms with van der Waals surface area (Å²) in [6.45, 7) is 0. The van der Waals surface area contributed by atoms with Crippen molar-refractivity contribution < 1.29 is 9.84 Å². The summed E-state index contributed by atoms with van der Waals surface area (Å²) in [5, 5.41) is 20.6. The number of aromatic nitrogens is 3. The van der Waals surface area contributed by atoms with Gasteiger partial charge in [0.1, 0.15) is 11.5 Å². The van der Waals surface area contributed by atoms with Gasteiger partial charge < -0.3 is 9.84 Å². The van der Waals surface area contributed by atoms with E-state index in [1.54, 1.807) is 42.3 Å². The van der Waals surface area contributed by atoms with Gasteiger partial charge in [-0.1, -0.05) is 0 Å². The molecular weight excluding hydrogens is 312 g/mol. The third-order valence-electron chi connectivity index (χ3n) is 3.21. The van der Waals surface area contributed by atoms with E-state index in [4.69, 9.17) is 17.0 Å². The number of hydrogen-bond acceptors (Lipinski definition) is 5. The van der Waals surface area contributed by atoms with Crippen molar-refractivity contribution in [3.8, 4) is 22.9 Å². The molecule has 0 aliphatic heterocycles. The van der Waals surface area contributed by atoms with Crippen LogP contribution in [0.4, 0.5) is 0 Å². The Morgan fingerprint density at radius 2 is 1.87 bits per heavy atom. The van der Waals surface area contributed by atoms with Crippen molar-refractivity contribution in [3.05, 3.63) is 58.9 Å². The van der Waals surface area contributed by atoms with E-state index in [2.05, 4.69) is 15.3 Å². The molecule has 0 fully saturated rings. The number of aromatic amines is 1.